The molecule has 1 unspecified atom stereocenters. The molecule has 3 aromatic heterocycles. The van der Waals surface area contributed by atoms with Gasteiger partial charge in [-0.1, -0.05) is 18.7 Å². The van der Waals surface area contributed by atoms with Gasteiger partial charge in [-0.2, -0.15) is 0 Å². The number of thioether (sulfide) groups is 1. The largest absolute Gasteiger partial charge is 0.376 e. The molecule has 2 aliphatic heterocycles. The first-order valence-electron chi connectivity index (χ1n) is 11.2. The molecule has 6 nitrogen and oxygen atoms in total. The maximum Gasteiger partial charge on any atom is 0.263 e. The smallest absolute Gasteiger partial charge is 0.263 e. The molecule has 1 saturated heterocycles. The van der Waals surface area contributed by atoms with E-state index in [0.29, 0.717) is 18.2 Å². The van der Waals surface area contributed by atoms with Crippen LogP contribution in [0.25, 0.3) is 10.2 Å². The second kappa shape index (κ2) is 9.29. The first kappa shape index (κ1) is 22.1. The van der Waals surface area contributed by atoms with E-state index in [9.17, 15) is 9.59 Å². The number of thiophene rings is 2. The van der Waals surface area contributed by atoms with Crippen LogP contribution in [0.15, 0.2) is 21.4 Å². The van der Waals surface area contributed by atoms with Crippen molar-refractivity contribution >= 4 is 50.6 Å². The Bertz CT molecular complexity index is 1210. The molecule has 1 amide bonds. The first-order valence-corrected chi connectivity index (χ1v) is 13.8. The van der Waals surface area contributed by atoms with E-state index < -0.39 is 0 Å². The van der Waals surface area contributed by atoms with Crippen LogP contribution >= 0.6 is 34.4 Å². The van der Waals surface area contributed by atoms with Crippen molar-refractivity contribution in [2.75, 3.05) is 18.9 Å². The van der Waals surface area contributed by atoms with E-state index in [4.69, 9.17) is 9.72 Å². The number of hydrogen-bond donors (Lipinski definition) is 0. The molecule has 0 saturated carbocycles. The summed E-state index contributed by atoms with van der Waals surface area (Å²) in [6, 6.07) is 2.12. The number of carbonyl (C=O) groups excluding carboxylic acids is 1. The Morgan fingerprint density at radius 1 is 1.41 bits per heavy atom. The van der Waals surface area contributed by atoms with Gasteiger partial charge in [0.25, 0.3) is 5.56 Å². The number of nitrogens with zero attached hydrogens (tertiary/aromatic N) is 3. The molecule has 0 bridgehead atoms. The van der Waals surface area contributed by atoms with Gasteiger partial charge in [-0.05, 0) is 55.2 Å². The number of carbonyl (C=O) groups is 1. The number of hydrogen-bond acceptors (Lipinski definition) is 7. The molecule has 1 fully saturated rings. The van der Waals surface area contributed by atoms with Crippen molar-refractivity contribution in [3.8, 4) is 0 Å². The normalized spacial score (nSPS) is 18.4. The summed E-state index contributed by atoms with van der Waals surface area (Å²) in [5.41, 5.74) is 2.36. The maximum absolute atomic E-state index is 13.6. The molecule has 0 aromatic carbocycles. The topological polar surface area (TPSA) is 64.4 Å². The zero-order valence-corrected chi connectivity index (χ0v) is 20.8. The number of aromatic nitrogens is 2. The van der Waals surface area contributed by atoms with Crippen molar-refractivity contribution in [1.29, 1.82) is 0 Å². The van der Waals surface area contributed by atoms with Crippen LogP contribution in [0.4, 0.5) is 0 Å². The molecule has 3 aromatic rings. The third-order valence-electron chi connectivity index (χ3n) is 6.33. The minimum Gasteiger partial charge on any atom is -0.376 e. The lowest BCUT2D eigenvalue weighted by molar-refractivity contribution is -0.129. The Balaban J connectivity index is 1.41. The van der Waals surface area contributed by atoms with Gasteiger partial charge in [0.15, 0.2) is 5.16 Å². The van der Waals surface area contributed by atoms with Crippen molar-refractivity contribution in [3.63, 3.8) is 0 Å². The van der Waals surface area contributed by atoms with E-state index >= 15 is 0 Å². The summed E-state index contributed by atoms with van der Waals surface area (Å²) < 4.78 is 7.58. The summed E-state index contributed by atoms with van der Waals surface area (Å²) in [6.07, 6.45) is 3.74. The van der Waals surface area contributed by atoms with E-state index in [-0.39, 0.29) is 23.3 Å². The fraction of sp³-hybridized carbons (Fsp3) is 0.522. The quantitative estimate of drug-likeness (QED) is 0.383. The van der Waals surface area contributed by atoms with Crippen LogP contribution in [-0.4, -0.2) is 45.4 Å². The van der Waals surface area contributed by atoms with Gasteiger partial charge in [0.1, 0.15) is 4.83 Å². The predicted octanol–water partition coefficient (Wildman–Crippen LogP) is 4.25. The molecule has 0 aliphatic carbocycles. The molecule has 0 spiro atoms. The highest BCUT2D eigenvalue weighted by Gasteiger charge is 2.25. The van der Waals surface area contributed by atoms with Crippen LogP contribution in [0.5, 0.6) is 0 Å². The van der Waals surface area contributed by atoms with Gasteiger partial charge in [-0.3, -0.25) is 14.2 Å². The van der Waals surface area contributed by atoms with E-state index in [0.717, 1.165) is 59.5 Å². The van der Waals surface area contributed by atoms with Crippen LogP contribution in [0.1, 0.15) is 40.6 Å². The number of fused-ring (bicyclic) bond motifs is 2. The van der Waals surface area contributed by atoms with Crippen LogP contribution in [-0.2, 0) is 35.5 Å². The summed E-state index contributed by atoms with van der Waals surface area (Å²) in [7, 11) is 0. The van der Waals surface area contributed by atoms with E-state index in [1.54, 1.807) is 27.2 Å². The summed E-state index contributed by atoms with van der Waals surface area (Å²) in [5, 5.41) is 3.47. The molecule has 2 aliphatic rings. The average molecular weight is 490 g/mol. The number of ether oxygens (including phenoxy) is 1. The number of amides is 1. The van der Waals surface area contributed by atoms with Gasteiger partial charge in [0.2, 0.25) is 5.91 Å². The zero-order chi connectivity index (χ0) is 22.2. The molecule has 0 N–H and O–H groups in total. The van der Waals surface area contributed by atoms with Gasteiger partial charge in [-0.15, -0.1) is 22.7 Å². The summed E-state index contributed by atoms with van der Waals surface area (Å²) in [6.45, 7) is 6.81. The molecule has 9 heteroatoms. The van der Waals surface area contributed by atoms with Crippen molar-refractivity contribution in [3.05, 3.63) is 42.7 Å². The van der Waals surface area contributed by atoms with Gasteiger partial charge in [0, 0.05) is 29.5 Å². The number of aryl methyl sites for hydroxylation is 2. The van der Waals surface area contributed by atoms with E-state index in [1.807, 2.05) is 4.90 Å². The fourth-order valence-electron chi connectivity index (χ4n) is 4.60. The van der Waals surface area contributed by atoms with Crippen molar-refractivity contribution in [2.24, 2.45) is 0 Å². The Labute approximate surface area is 199 Å². The lowest BCUT2D eigenvalue weighted by Gasteiger charge is -2.27. The Morgan fingerprint density at radius 3 is 3.06 bits per heavy atom. The molecule has 1 atom stereocenters. The second-order valence-electron chi connectivity index (χ2n) is 8.34. The second-order valence-corrected chi connectivity index (χ2v) is 11.5. The Morgan fingerprint density at radius 2 is 2.28 bits per heavy atom. The SMILES string of the molecule is CCc1c(C)sc2nc(SCC(=O)N3CCc4sccc4C3)n(CC3CCCO3)c(=O)c12. The fourth-order valence-corrected chi connectivity index (χ4v) is 7.55. The Kier molecular flexibility index (Phi) is 6.42. The lowest BCUT2D eigenvalue weighted by Crippen LogP contribution is -2.36. The van der Waals surface area contributed by atoms with Crippen LogP contribution in [0.3, 0.4) is 0 Å². The van der Waals surface area contributed by atoms with Crippen LogP contribution in [0, 0.1) is 6.92 Å². The van der Waals surface area contributed by atoms with Gasteiger partial charge in [-0.25, -0.2) is 4.98 Å². The molecule has 0 radical (unpaired) electrons. The average Bonchev–Trinajstić information content (AvgIpc) is 3.53. The van der Waals surface area contributed by atoms with Gasteiger partial charge < -0.3 is 9.64 Å². The highest BCUT2D eigenvalue weighted by molar-refractivity contribution is 7.99. The van der Waals surface area contributed by atoms with Gasteiger partial charge in [0.05, 0.1) is 23.8 Å². The maximum atomic E-state index is 13.6. The molecule has 5 heterocycles. The third kappa shape index (κ3) is 4.16. The van der Waals surface area contributed by atoms with E-state index in [1.165, 1.54) is 22.2 Å². The standard InChI is InChI=1S/C23H27N3O3S3/c1-3-17-14(2)32-21-20(17)22(28)26(12-16-5-4-9-29-16)23(24-21)31-13-19(27)25-8-6-18-15(11-25)7-10-30-18/h7,10,16H,3-6,8-9,11-13H2,1-2H3. The molecular weight excluding hydrogens is 462 g/mol. The minimum atomic E-state index is 0.00235. The predicted molar refractivity (Wildman–Crippen MR) is 131 cm³/mol. The minimum absolute atomic E-state index is 0.00235. The Hall–Kier alpha value is -1.68. The molecular formula is C23H27N3O3S3. The van der Waals surface area contributed by atoms with E-state index in [2.05, 4.69) is 25.3 Å². The van der Waals surface area contributed by atoms with Crippen LogP contribution in [0.2, 0.25) is 0 Å². The van der Waals surface area contributed by atoms with Crippen LogP contribution < -0.4 is 5.56 Å². The first-order chi connectivity index (χ1) is 15.5. The summed E-state index contributed by atoms with van der Waals surface area (Å²) in [5.74, 6) is 0.384. The van der Waals surface area contributed by atoms with Crippen molar-refractivity contribution < 1.29 is 9.53 Å². The highest BCUT2D eigenvalue weighted by atomic mass is 32.2. The highest BCUT2D eigenvalue weighted by Crippen LogP contribution is 2.31. The monoisotopic (exact) mass is 489 g/mol. The molecule has 5 rings (SSSR count). The third-order valence-corrected chi connectivity index (χ3v) is 9.35. The number of rotatable bonds is 6. The molecule has 170 valence electrons. The zero-order valence-electron chi connectivity index (χ0n) is 18.4. The van der Waals surface area contributed by atoms with Crippen molar-refractivity contribution in [1.82, 2.24) is 14.5 Å². The summed E-state index contributed by atoms with van der Waals surface area (Å²) in [4.78, 5) is 36.6. The molecule has 32 heavy (non-hydrogen) atoms. The lowest BCUT2D eigenvalue weighted by atomic mass is 10.1. The summed E-state index contributed by atoms with van der Waals surface area (Å²) >= 11 is 4.73. The van der Waals surface area contributed by atoms with Gasteiger partial charge >= 0.3 is 0 Å². The van der Waals surface area contributed by atoms with Crippen molar-refractivity contribution in [2.45, 2.75) is 63.9 Å².